The molecule has 0 bridgehead atoms. The molecule has 150 valence electrons. The van der Waals surface area contributed by atoms with Crippen molar-refractivity contribution in [3.8, 4) is 0 Å². The van der Waals surface area contributed by atoms with E-state index in [0.29, 0.717) is 18.7 Å². The lowest BCUT2D eigenvalue weighted by Gasteiger charge is -2.33. The van der Waals surface area contributed by atoms with E-state index in [0.717, 1.165) is 30.4 Å². The van der Waals surface area contributed by atoms with Crippen molar-refractivity contribution in [1.29, 1.82) is 0 Å². The Morgan fingerprint density at radius 2 is 1.93 bits per heavy atom. The van der Waals surface area contributed by atoms with Crippen LogP contribution in [0.2, 0.25) is 0 Å². The molecule has 1 aliphatic rings. The molecule has 1 aromatic carbocycles. The van der Waals surface area contributed by atoms with Crippen molar-refractivity contribution in [2.24, 2.45) is 10.7 Å². The van der Waals surface area contributed by atoms with Crippen LogP contribution in [0.4, 0.5) is 0 Å². The molecule has 2 aromatic rings. The van der Waals surface area contributed by atoms with Gasteiger partial charge in [-0.1, -0.05) is 18.6 Å². The van der Waals surface area contributed by atoms with E-state index in [4.69, 9.17) is 10.2 Å². The number of guanidine groups is 1. The number of aliphatic imine (C=N–C) groups is 1. The fraction of sp³-hybridized carbons (Fsp3) is 0.429. The van der Waals surface area contributed by atoms with Crippen LogP contribution in [0.5, 0.6) is 0 Å². The summed E-state index contributed by atoms with van der Waals surface area (Å²) in [6, 6.07) is 11.4. The van der Waals surface area contributed by atoms with Crippen molar-refractivity contribution < 1.29 is 9.21 Å². The maximum absolute atomic E-state index is 11.2. The lowest BCUT2D eigenvalue weighted by molar-refractivity contribution is 0.100. The van der Waals surface area contributed by atoms with E-state index in [2.05, 4.69) is 20.5 Å². The topological polar surface area (TPSA) is 95.9 Å². The number of hydrogen-bond acceptors (Lipinski definition) is 4. The zero-order chi connectivity index (χ0) is 19.8. The van der Waals surface area contributed by atoms with Crippen LogP contribution in [0.25, 0.3) is 0 Å². The zero-order valence-electron chi connectivity index (χ0n) is 16.4. The third-order valence-electron chi connectivity index (χ3n) is 5.09. The Morgan fingerprint density at radius 1 is 1.18 bits per heavy atom. The first-order chi connectivity index (χ1) is 13.7. The average molecular weight is 383 g/mol. The van der Waals surface area contributed by atoms with Gasteiger partial charge in [0.1, 0.15) is 5.76 Å². The number of hydrogen-bond donors (Lipinski definition) is 3. The highest BCUT2D eigenvalue weighted by molar-refractivity contribution is 5.92. The molecule has 1 amide bonds. The molecule has 0 spiro atoms. The van der Waals surface area contributed by atoms with Crippen LogP contribution in [0.15, 0.2) is 52.1 Å². The molecule has 4 N–H and O–H groups in total. The van der Waals surface area contributed by atoms with Crippen molar-refractivity contribution in [3.05, 3.63) is 59.5 Å². The number of likely N-dealkylation sites (tertiary alicyclic amines) is 1. The molecule has 1 atom stereocenters. The molecule has 1 saturated heterocycles. The second kappa shape index (κ2) is 9.94. The summed E-state index contributed by atoms with van der Waals surface area (Å²) in [6.07, 6.45) is 5.48. The average Bonchev–Trinajstić information content (AvgIpc) is 3.26. The van der Waals surface area contributed by atoms with Crippen LogP contribution in [-0.2, 0) is 6.54 Å². The Hall–Kier alpha value is -2.80. The fourth-order valence-corrected chi connectivity index (χ4v) is 3.51. The van der Waals surface area contributed by atoms with E-state index in [1.165, 1.54) is 19.3 Å². The van der Waals surface area contributed by atoms with E-state index >= 15 is 0 Å². The molecular weight excluding hydrogens is 354 g/mol. The maximum Gasteiger partial charge on any atom is 0.248 e. The minimum Gasteiger partial charge on any atom is -0.468 e. The first-order valence-electron chi connectivity index (χ1n) is 9.78. The van der Waals surface area contributed by atoms with E-state index in [9.17, 15) is 4.79 Å². The largest absolute Gasteiger partial charge is 0.468 e. The predicted octanol–water partition coefficient (Wildman–Crippen LogP) is 2.27. The second-order valence-corrected chi connectivity index (χ2v) is 7.00. The summed E-state index contributed by atoms with van der Waals surface area (Å²) in [7, 11) is 1.76. The minimum absolute atomic E-state index is 0.184. The van der Waals surface area contributed by atoms with Gasteiger partial charge < -0.3 is 20.8 Å². The van der Waals surface area contributed by atoms with Gasteiger partial charge >= 0.3 is 0 Å². The number of benzene rings is 1. The van der Waals surface area contributed by atoms with Crippen molar-refractivity contribution in [2.75, 3.05) is 26.7 Å². The Kier molecular flexibility index (Phi) is 7.08. The van der Waals surface area contributed by atoms with Crippen LogP contribution in [0.1, 0.15) is 47.0 Å². The number of piperidine rings is 1. The lowest BCUT2D eigenvalue weighted by atomic mass is 10.1. The van der Waals surface area contributed by atoms with Crippen LogP contribution in [-0.4, -0.2) is 43.4 Å². The molecule has 0 aliphatic carbocycles. The Morgan fingerprint density at radius 3 is 2.54 bits per heavy atom. The summed E-state index contributed by atoms with van der Waals surface area (Å²) >= 11 is 0. The molecular formula is C21H29N5O2. The summed E-state index contributed by atoms with van der Waals surface area (Å²) in [5.74, 6) is 1.29. The van der Waals surface area contributed by atoms with Gasteiger partial charge in [0.05, 0.1) is 12.3 Å². The monoisotopic (exact) mass is 383 g/mol. The van der Waals surface area contributed by atoms with Crippen LogP contribution < -0.4 is 16.4 Å². The number of carbonyl (C=O) groups excluding carboxylic acids is 1. The van der Waals surface area contributed by atoms with Gasteiger partial charge in [-0.05, 0) is 55.8 Å². The van der Waals surface area contributed by atoms with Gasteiger partial charge in [0.15, 0.2) is 5.96 Å². The van der Waals surface area contributed by atoms with E-state index in [-0.39, 0.29) is 6.04 Å². The normalized spacial score (nSPS) is 16.5. The summed E-state index contributed by atoms with van der Waals surface area (Å²) in [5, 5.41) is 6.73. The lowest BCUT2D eigenvalue weighted by Crippen LogP contribution is -2.44. The predicted molar refractivity (Wildman–Crippen MR) is 110 cm³/mol. The van der Waals surface area contributed by atoms with Gasteiger partial charge in [-0.3, -0.25) is 14.7 Å². The number of furan rings is 1. The SMILES string of the molecule is CN=C(NCc1ccc(C(N)=O)cc1)NCC(c1ccco1)N1CCCCC1. The summed E-state index contributed by atoms with van der Waals surface area (Å²) in [6.45, 7) is 3.50. The third kappa shape index (κ3) is 5.36. The van der Waals surface area contributed by atoms with Gasteiger partial charge in [-0.2, -0.15) is 0 Å². The molecule has 0 radical (unpaired) electrons. The molecule has 1 aromatic heterocycles. The fourth-order valence-electron chi connectivity index (χ4n) is 3.51. The smallest absolute Gasteiger partial charge is 0.248 e. The highest BCUT2D eigenvalue weighted by atomic mass is 16.3. The maximum atomic E-state index is 11.2. The molecule has 1 fully saturated rings. The van der Waals surface area contributed by atoms with Gasteiger partial charge in [-0.25, -0.2) is 0 Å². The number of nitrogens with one attached hydrogen (secondary N) is 2. The number of rotatable bonds is 7. The zero-order valence-corrected chi connectivity index (χ0v) is 16.4. The number of nitrogens with zero attached hydrogens (tertiary/aromatic N) is 2. The minimum atomic E-state index is -0.418. The molecule has 7 nitrogen and oxygen atoms in total. The van der Waals surface area contributed by atoms with Crippen molar-refractivity contribution in [2.45, 2.75) is 31.8 Å². The molecule has 7 heteroatoms. The van der Waals surface area contributed by atoms with Crippen LogP contribution in [0.3, 0.4) is 0 Å². The Bertz CT molecular complexity index is 765. The van der Waals surface area contributed by atoms with Crippen LogP contribution >= 0.6 is 0 Å². The quantitative estimate of drug-likeness (QED) is 0.503. The Balaban J connectivity index is 1.56. The number of primary amides is 1. The second-order valence-electron chi connectivity index (χ2n) is 7.00. The molecule has 1 aliphatic heterocycles. The highest BCUT2D eigenvalue weighted by Crippen LogP contribution is 2.24. The third-order valence-corrected chi connectivity index (χ3v) is 5.09. The van der Waals surface area contributed by atoms with Crippen molar-refractivity contribution in [1.82, 2.24) is 15.5 Å². The summed E-state index contributed by atoms with van der Waals surface area (Å²) < 4.78 is 5.69. The van der Waals surface area contributed by atoms with E-state index in [1.807, 2.05) is 24.3 Å². The Labute approximate surface area is 166 Å². The summed E-state index contributed by atoms with van der Waals surface area (Å²) in [4.78, 5) is 18.0. The van der Waals surface area contributed by atoms with Gasteiger partial charge in [-0.15, -0.1) is 0 Å². The van der Waals surface area contributed by atoms with E-state index < -0.39 is 5.91 Å². The number of nitrogens with two attached hydrogens (primary N) is 1. The molecule has 0 saturated carbocycles. The number of amides is 1. The molecule has 2 heterocycles. The number of carbonyl (C=O) groups is 1. The first-order valence-corrected chi connectivity index (χ1v) is 9.78. The van der Waals surface area contributed by atoms with Gasteiger partial charge in [0, 0.05) is 25.7 Å². The molecule has 3 rings (SSSR count). The van der Waals surface area contributed by atoms with E-state index in [1.54, 1.807) is 25.4 Å². The highest BCUT2D eigenvalue weighted by Gasteiger charge is 2.24. The van der Waals surface area contributed by atoms with Gasteiger partial charge in [0.25, 0.3) is 0 Å². The van der Waals surface area contributed by atoms with Gasteiger partial charge in [0.2, 0.25) is 5.91 Å². The molecule has 1 unspecified atom stereocenters. The summed E-state index contributed by atoms with van der Waals surface area (Å²) in [5.41, 5.74) is 6.84. The van der Waals surface area contributed by atoms with Crippen molar-refractivity contribution >= 4 is 11.9 Å². The van der Waals surface area contributed by atoms with Crippen LogP contribution in [0, 0.1) is 0 Å². The first kappa shape index (κ1) is 19.9. The standard InChI is InChI=1S/C21H29N5O2/c1-23-21(24-14-16-7-9-17(10-8-16)20(22)27)25-15-18(19-6-5-13-28-19)26-11-3-2-4-12-26/h5-10,13,18H,2-4,11-12,14-15H2,1H3,(H2,22,27)(H2,23,24,25). The van der Waals surface area contributed by atoms with Crippen molar-refractivity contribution in [3.63, 3.8) is 0 Å². The molecule has 28 heavy (non-hydrogen) atoms.